The molecule has 6 nitrogen and oxygen atoms in total. The fourth-order valence-corrected chi connectivity index (χ4v) is 1.35. The number of carboxylic acids is 1. The van der Waals surface area contributed by atoms with Crippen LogP contribution in [0.4, 0.5) is 8.78 Å². The third-order valence-electron chi connectivity index (χ3n) is 2.16. The molecule has 3 N–H and O–H groups in total. The second kappa shape index (κ2) is 4.49. The Balaban J connectivity index is 2.54. The number of hydrogen-bond donors (Lipinski definition) is 2. The maximum absolute atomic E-state index is 13.6. The second-order valence-corrected chi connectivity index (χ2v) is 3.34. The lowest BCUT2D eigenvalue weighted by Gasteiger charge is -2.01. The number of aromatic nitrogens is 2. The highest BCUT2D eigenvalue weighted by Gasteiger charge is 2.20. The van der Waals surface area contributed by atoms with Crippen molar-refractivity contribution in [3.63, 3.8) is 0 Å². The lowest BCUT2D eigenvalue weighted by Crippen LogP contribution is -2.01. The van der Waals surface area contributed by atoms with Crippen molar-refractivity contribution in [1.82, 2.24) is 10.1 Å². The van der Waals surface area contributed by atoms with Gasteiger partial charge in [0.05, 0.1) is 17.7 Å². The number of carboxylic acid groups (broad SMARTS) is 1. The Morgan fingerprint density at radius 2 is 2.00 bits per heavy atom. The van der Waals surface area contributed by atoms with E-state index in [0.717, 1.165) is 0 Å². The minimum Gasteiger partial charge on any atom is -0.478 e. The lowest BCUT2D eigenvalue weighted by atomic mass is 10.1. The predicted molar refractivity (Wildman–Crippen MR) is 54.5 cm³/mol. The van der Waals surface area contributed by atoms with Gasteiger partial charge in [0.2, 0.25) is 11.7 Å². The summed E-state index contributed by atoms with van der Waals surface area (Å²) < 4.78 is 31.8. The van der Waals surface area contributed by atoms with Gasteiger partial charge in [-0.1, -0.05) is 5.16 Å². The molecule has 0 amide bonds. The SMILES string of the molecule is NCc1nc(-c2c(F)cc(C(=O)O)cc2F)no1. The first-order chi connectivity index (χ1) is 8.52. The van der Waals surface area contributed by atoms with Gasteiger partial charge >= 0.3 is 5.97 Å². The Morgan fingerprint density at radius 3 is 2.44 bits per heavy atom. The van der Waals surface area contributed by atoms with Gasteiger partial charge in [-0.05, 0) is 12.1 Å². The predicted octanol–water partition coefficient (Wildman–Crippen LogP) is 1.17. The molecular formula is C10H7F2N3O3. The van der Waals surface area contributed by atoms with E-state index in [1.807, 2.05) is 0 Å². The minimum absolute atomic E-state index is 0.0195. The molecule has 0 fully saturated rings. The maximum atomic E-state index is 13.6. The second-order valence-electron chi connectivity index (χ2n) is 3.34. The van der Waals surface area contributed by atoms with E-state index in [0.29, 0.717) is 12.1 Å². The summed E-state index contributed by atoms with van der Waals surface area (Å²) in [6.07, 6.45) is 0. The van der Waals surface area contributed by atoms with Crippen LogP contribution in [0, 0.1) is 11.6 Å². The van der Waals surface area contributed by atoms with Gasteiger partial charge in [-0.25, -0.2) is 13.6 Å². The molecule has 0 aliphatic carbocycles. The van der Waals surface area contributed by atoms with Crippen molar-refractivity contribution >= 4 is 5.97 Å². The molecule has 0 aliphatic rings. The van der Waals surface area contributed by atoms with Crippen molar-refractivity contribution < 1.29 is 23.2 Å². The summed E-state index contributed by atoms with van der Waals surface area (Å²) in [5, 5.41) is 12.0. The van der Waals surface area contributed by atoms with Gasteiger partial charge in [0.1, 0.15) is 11.6 Å². The van der Waals surface area contributed by atoms with Crippen LogP contribution in [-0.2, 0) is 6.54 Å². The number of benzene rings is 1. The zero-order valence-corrected chi connectivity index (χ0v) is 8.85. The maximum Gasteiger partial charge on any atom is 0.335 e. The topological polar surface area (TPSA) is 102 Å². The largest absolute Gasteiger partial charge is 0.478 e. The van der Waals surface area contributed by atoms with E-state index in [2.05, 4.69) is 14.7 Å². The van der Waals surface area contributed by atoms with Crippen LogP contribution in [-0.4, -0.2) is 21.2 Å². The van der Waals surface area contributed by atoms with Crippen LogP contribution >= 0.6 is 0 Å². The third-order valence-corrected chi connectivity index (χ3v) is 2.16. The number of halogens is 2. The standard InChI is InChI=1S/C10H7F2N3O3/c11-5-1-4(10(16)17)2-6(12)8(5)9-14-7(3-13)18-15-9/h1-2H,3,13H2,(H,16,17). The molecule has 1 heterocycles. The number of rotatable bonds is 3. The molecular weight excluding hydrogens is 248 g/mol. The van der Waals surface area contributed by atoms with E-state index >= 15 is 0 Å². The monoisotopic (exact) mass is 255 g/mol. The van der Waals surface area contributed by atoms with Crippen LogP contribution in [0.25, 0.3) is 11.4 Å². The molecule has 0 bridgehead atoms. The molecule has 0 saturated heterocycles. The first-order valence-corrected chi connectivity index (χ1v) is 4.78. The number of carbonyl (C=O) groups is 1. The van der Waals surface area contributed by atoms with Crippen LogP contribution in [0.15, 0.2) is 16.7 Å². The highest BCUT2D eigenvalue weighted by atomic mass is 19.1. The van der Waals surface area contributed by atoms with Gasteiger partial charge in [0.25, 0.3) is 0 Å². The van der Waals surface area contributed by atoms with Crippen molar-refractivity contribution in [3.8, 4) is 11.4 Å². The smallest absolute Gasteiger partial charge is 0.335 e. The highest BCUT2D eigenvalue weighted by molar-refractivity contribution is 5.88. The zero-order chi connectivity index (χ0) is 13.3. The van der Waals surface area contributed by atoms with Gasteiger partial charge in [0, 0.05) is 0 Å². The molecule has 94 valence electrons. The van der Waals surface area contributed by atoms with Crippen LogP contribution < -0.4 is 5.73 Å². The normalized spacial score (nSPS) is 10.6. The molecule has 0 saturated carbocycles. The first-order valence-electron chi connectivity index (χ1n) is 4.78. The van der Waals surface area contributed by atoms with Crippen molar-refractivity contribution in [3.05, 3.63) is 35.2 Å². The van der Waals surface area contributed by atoms with Gasteiger partial charge in [-0.3, -0.25) is 0 Å². The van der Waals surface area contributed by atoms with E-state index in [-0.39, 0.29) is 18.3 Å². The van der Waals surface area contributed by atoms with Crippen molar-refractivity contribution in [1.29, 1.82) is 0 Å². The van der Waals surface area contributed by atoms with E-state index < -0.39 is 28.7 Å². The van der Waals surface area contributed by atoms with Crippen LogP contribution in [0.5, 0.6) is 0 Å². The summed E-state index contributed by atoms with van der Waals surface area (Å²) in [6.45, 7) is -0.0660. The Kier molecular flexibility index (Phi) is 3.02. The Morgan fingerprint density at radius 1 is 1.39 bits per heavy atom. The molecule has 2 rings (SSSR count). The molecule has 18 heavy (non-hydrogen) atoms. The molecule has 0 aliphatic heterocycles. The number of nitrogens with zero attached hydrogens (tertiary/aromatic N) is 2. The Labute approximate surface area is 99.0 Å². The van der Waals surface area contributed by atoms with E-state index in [9.17, 15) is 13.6 Å². The van der Waals surface area contributed by atoms with Crippen LogP contribution in [0.1, 0.15) is 16.2 Å². The average Bonchev–Trinajstić information content (AvgIpc) is 2.76. The fraction of sp³-hybridized carbons (Fsp3) is 0.100. The van der Waals surface area contributed by atoms with Crippen LogP contribution in [0.2, 0.25) is 0 Å². The number of aromatic carboxylic acids is 1. The summed E-state index contributed by atoms with van der Waals surface area (Å²) in [7, 11) is 0. The van der Waals surface area contributed by atoms with Crippen molar-refractivity contribution in [2.45, 2.75) is 6.54 Å². The van der Waals surface area contributed by atoms with E-state index in [1.54, 1.807) is 0 Å². The third kappa shape index (κ3) is 2.05. The van der Waals surface area contributed by atoms with Crippen molar-refractivity contribution in [2.24, 2.45) is 5.73 Å². The minimum atomic E-state index is -1.44. The summed E-state index contributed by atoms with van der Waals surface area (Å²) >= 11 is 0. The molecule has 1 aromatic heterocycles. The zero-order valence-electron chi connectivity index (χ0n) is 8.85. The Bertz CT molecular complexity index is 589. The quantitative estimate of drug-likeness (QED) is 0.853. The summed E-state index contributed by atoms with van der Waals surface area (Å²) in [5.74, 6) is -3.91. The van der Waals surface area contributed by atoms with Crippen LogP contribution in [0.3, 0.4) is 0 Å². The van der Waals surface area contributed by atoms with Crippen molar-refractivity contribution in [2.75, 3.05) is 0 Å². The molecule has 2 aromatic rings. The van der Waals surface area contributed by atoms with Gasteiger partial charge < -0.3 is 15.4 Å². The molecule has 0 unspecified atom stereocenters. The molecule has 0 atom stereocenters. The average molecular weight is 255 g/mol. The fourth-order valence-electron chi connectivity index (χ4n) is 1.35. The summed E-state index contributed by atoms with van der Waals surface area (Å²) in [5.41, 5.74) is 4.16. The number of hydrogen-bond acceptors (Lipinski definition) is 5. The molecule has 1 aromatic carbocycles. The lowest BCUT2D eigenvalue weighted by molar-refractivity contribution is 0.0696. The summed E-state index contributed by atoms with van der Waals surface area (Å²) in [4.78, 5) is 14.3. The highest BCUT2D eigenvalue weighted by Crippen LogP contribution is 2.24. The van der Waals surface area contributed by atoms with Gasteiger partial charge in [0.15, 0.2) is 0 Å². The molecule has 8 heteroatoms. The first kappa shape index (κ1) is 12.1. The Hall–Kier alpha value is -2.35. The van der Waals surface area contributed by atoms with E-state index in [1.165, 1.54) is 0 Å². The van der Waals surface area contributed by atoms with E-state index in [4.69, 9.17) is 10.8 Å². The van der Waals surface area contributed by atoms with Gasteiger partial charge in [-0.15, -0.1) is 0 Å². The summed E-state index contributed by atoms with van der Waals surface area (Å²) in [6, 6.07) is 1.36. The molecule has 0 radical (unpaired) electrons. The molecule has 0 spiro atoms. The van der Waals surface area contributed by atoms with Gasteiger partial charge in [-0.2, -0.15) is 4.98 Å². The number of nitrogens with two attached hydrogens (primary N) is 1.